The number of carboxylic acid groups (broad SMARTS) is 2. The number of hydrogen-bond donors (Lipinski definition) is 2. The molecule has 0 unspecified atom stereocenters. The van der Waals surface area contributed by atoms with E-state index in [4.69, 9.17) is 10.2 Å². The smallest absolute Gasteiger partial charge is 0.335 e. The molecular formula is C25H40O4. The Morgan fingerprint density at radius 2 is 1.21 bits per heavy atom. The van der Waals surface area contributed by atoms with Gasteiger partial charge in [0.2, 0.25) is 0 Å². The van der Waals surface area contributed by atoms with Crippen LogP contribution in [0.5, 0.6) is 0 Å². The number of hydrogen-bond acceptors (Lipinski definition) is 2. The third kappa shape index (κ3) is 20.4. The van der Waals surface area contributed by atoms with Crippen LogP contribution in [0.15, 0.2) is 42.5 Å². The molecule has 0 bridgehead atoms. The van der Waals surface area contributed by atoms with E-state index in [0.29, 0.717) is 12.0 Å². The van der Waals surface area contributed by atoms with Crippen LogP contribution in [0.25, 0.3) is 0 Å². The van der Waals surface area contributed by atoms with Gasteiger partial charge >= 0.3 is 11.9 Å². The average molecular weight is 405 g/mol. The highest BCUT2D eigenvalue weighted by Crippen LogP contribution is 2.09. The van der Waals surface area contributed by atoms with Crippen molar-refractivity contribution in [3.05, 3.63) is 48.0 Å². The lowest BCUT2D eigenvalue weighted by molar-refractivity contribution is -0.137. The minimum atomic E-state index is -0.879. The van der Waals surface area contributed by atoms with E-state index >= 15 is 0 Å². The number of benzene rings is 1. The van der Waals surface area contributed by atoms with Gasteiger partial charge in [-0.25, -0.2) is 4.79 Å². The highest BCUT2D eigenvalue weighted by Gasteiger charge is 1.97. The van der Waals surface area contributed by atoms with Crippen molar-refractivity contribution in [3.63, 3.8) is 0 Å². The lowest BCUT2D eigenvalue weighted by atomic mass is 10.1. The van der Waals surface area contributed by atoms with Crippen LogP contribution < -0.4 is 0 Å². The summed E-state index contributed by atoms with van der Waals surface area (Å²) < 4.78 is 0. The Hall–Kier alpha value is -2.10. The quantitative estimate of drug-likeness (QED) is 0.221. The van der Waals surface area contributed by atoms with Crippen LogP contribution in [0.4, 0.5) is 0 Å². The molecule has 0 amide bonds. The summed E-state index contributed by atoms with van der Waals surface area (Å²) in [4.78, 5) is 20.5. The van der Waals surface area contributed by atoms with Gasteiger partial charge in [-0.15, -0.1) is 0 Å². The summed E-state index contributed by atoms with van der Waals surface area (Å²) in [5.74, 6) is -1.54. The number of carbonyl (C=O) groups is 2. The second-order valence-electron chi connectivity index (χ2n) is 7.40. The Labute approximate surface area is 177 Å². The molecule has 0 atom stereocenters. The molecule has 0 heterocycles. The molecule has 4 nitrogen and oxygen atoms in total. The average Bonchev–Trinajstić information content (AvgIpc) is 2.72. The monoisotopic (exact) mass is 404 g/mol. The van der Waals surface area contributed by atoms with E-state index in [1.54, 1.807) is 30.3 Å². The predicted octanol–water partition coefficient (Wildman–Crippen LogP) is 7.49. The fourth-order valence-corrected chi connectivity index (χ4v) is 2.93. The highest BCUT2D eigenvalue weighted by molar-refractivity contribution is 5.87. The molecule has 0 fully saturated rings. The summed E-state index contributed by atoms with van der Waals surface area (Å²) in [6.07, 6.45) is 21.2. The zero-order valence-corrected chi connectivity index (χ0v) is 18.2. The summed E-state index contributed by atoms with van der Waals surface area (Å²) >= 11 is 0. The summed E-state index contributed by atoms with van der Waals surface area (Å²) in [6, 6.07) is 8.30. The van der Waals surface area contributed by atoms with Crippen LogP contribution in [0.1, 0.15) is 107 Å². The van der Waals surface area contributed by atoms with Crippen LogP contribution >= 0.6 is 0 Å². The van der Waals surface area contributed by atoms with Gasteiger partial charge in [-0.05, 0) is 44.2 Å². The molecule has 0 saturated carbocycles. The third-order valence-corrected chi connectivity index (χ3v) is 4.67. The molecule has 0 aromatic heterocycles. The number of aliphatic carboxylic acids is 1. The van der Waals surface area contributed by atoms with Crippen molar-refractivity contribution in [2.75, 3.05) is 0 Å². The van der Waals surface area contributed by atoms with Gasteiger partial charge < -0.3 is 10.2 Å². The first-order valence-corrected chi connectivity index (χ1v) is 11.2. The summed E-state index contributed by atoms with van der Waals surface area (Å²) in [5.41, 5.74) is 0.331. The van der Waals surface area contributed by atoms with E-state index < -0.39 is 11.9 Å². The van der Waals surface area contributed by atoms with E-state index in [1.807, 2.05) is 0 Å². The molecule has 0 radical (unpaired) electrons. The molecule has 1 aromatic rings. The normalized spacial score (nSPS) is 10.5. The van der Waals surface area contributed by atoms with E-state index in [9.17, 15) is 9.59 Å². The van der Waals surface area contributed by atoms with Crippen molar-refractivity contribution >= 4 is 11.9 Å². The Bertz CT molecular complexity index is 537. The molecule has 0 aliphatic rings. The van der Waals surface area contributed by atoms with Gasteiger partial charge in [0, 0.05) is 6.42 Å². The SMILES string of the molecule is CCCCCCCCC=CCCCCCCCC(=O)O.O=C(O)c1ccccc1. The van der Waals surface area contributed by atoms with Crippen LogP contribution in [0.3, 0.4) is 0 Å². The molecule has 0 saturated heterocycles. The predicted molar refractivity (Wildman–Crippen MR) is 120 cm³/mol. The van der Waals surface area contributed by atoms with Crippen molar-refractivity contribution in [1.29, 1.82) is 0 Å². The maximum Gasteiger partial charge on any atom is 0.335 e. The summed E-state index contributed by atoms with van der Waals surface area (Å²) in [5, 5.41) is 16.9. The van der Waals surface area contributed by atoms with Crippen LogP contribution in [0, 0.1) is 0 Å². The van der Waals surface area contributed by atoms with Gasteiger partial charge in [-0.3, -0.25) is 4.79 Å². The molecular weight excluding hydrogens is 364 g/mol. The first-order chi connectivity index (χ1) is 14.1. The number of rotatable bonds is 16. The molecule has 1 rings (SSSR count). The zero-order chi connectivity index (χ0) is 21.6. The Morgan fingerprint density at radius 3 is 1.66 bits per heavy atom. The van der Waals surface area contributed by atoms with Gasteiger partial charge in [-0.2, -0.15) is 0 Å². The molecule has 4 heteroatoms. The standard InChI is InChI=1S/C18H34O2.C7H6O2/c1-2-3-4-5-6-7-8-9-10-11-12-13-14-15-16-17-18(19)20;8-7(9)6-4-2-1-3-5-6/h9-10H,2-8,11-17H2,1H3,(H,19,20);1-5H,(H,8,9). The molecule has 1 aromatic carbocycles. The van der Waals surface area contributed by atoms with Crippen LogP contribution in [-0.4, -0.2) is 22.2 Å². The highest BCUT2D eigenvalue weighted by atomic mass is 16.4. The molecule has 29 heavy (non-hydrogen) atoms. The largest absolute Gasteiger partial charge is 0.481 e. The number of unbranched alkanes of at least 4 members (excludes halogenated alkanes) is 11. The molecule has 0 spiro atoms. The van der Waals surface area contributed by atoms with Crippen molar-refractivity contribution < 1.29 is 19.8 Å². The van der Waals surface area contributed by atoms with Gasteiger partial charge in [0.25, 0.3) is 0 Å². The van der Waals surface area contributed by atoms with Crippen molar-refractivity contribution in [2.45, 2.75) is 96.8 Å². The summed E-state index contributed by atoms with van der Waals surface area (Å²) in [7, 11) is 0. The van der Waals surface area contributed by atoms with E-state index in [-0.39, 0.29) is 0 Å². The Kier molecular flexibility index (Phi) is 19.1. The van der Waals surface area contributed by atoms with Crippen molar-refractivity contribution in [2.24, 2.45) is 0 Å². The molecule has 0 aliphatic heterocycles. The lowest BCUT2D eigenvalue weighted by Crippen LogP contribution is -1.93. The number of carboxylic acids is 2. The Morgan fingerprint density at radius 1 is 0.724 bits per heavy atom. The maximum atomic E-state index is 10.3. The molecule has 2 N–H and O–H groups in total. The van der Waals surface area contributed by atoms with Gasteiger partial charge in [0.1, 0.15) is 0 Å². The maximum absolute atomic E-state index is 10.3. The van der Waals surface area contributed by atoms with Gasteiger partial charge in [-0.1, -0.05) is 88.6 Å². The van der Waals surface area contributed by atoms with E-state index in [2.05, 4.69) is 19.1 Å². The Balaban J connectivity index is 0.000000717. The molecule has 164 valence electrons. The van der Waals surface area contributed by atoms with E-state index in [1.165, 1.54) is 70.6 Å². The molecule has 0 aliphatic carbocycles. The fraction of sp³-hybridized carbons (Fsp3) is 0.600. The topological polar surface area (TPSA) is 74.6 Å². The number of aromatic carboxylic acids is 1. The van der Waals surface area contributed by atoms with Gasteiger partial charge in [0.05, 0.1) is 5.56 Å². The van der Waals surface area contributed by atoms with Crippen molar-refractivity contribution in [1.82, 2.24) is 0 Å². The number of allylic oxidation sites excluding steroid dienone is 2. The third-order valence-electron chi connectivity index (χ3n) is 4.67. The minimum Gasteiger partial charge on any atom is -0.481 e. The van der Waals surface area contributed by atoms with Crippen LogP contribution in [-0.2, 0) is 4.79 Å². The van der Waals surface area contributed by atoms with Crippen molar-refractivity contribution in [3.8, 4) is 0 Å². The second-order valence-corrected chi connectivity index (χ2v) is 7.40. The first kappa shape index (κ1) is 26.9. The fourth-order valence-electron chi connectivity index (χ4n) is 2.93. The lowest BCUT2D eigenvalue weighted by Gasteiger charge is -1.99. The first-order valence-electron chi connectivity index (χ1n) is 11.2. The summed E-state index contributed by atoms with van der Waals surface area (Å²) in [6.45, 7) is 2.26. The second kappa shape index (κ2) is 20.6. The van der Waals surface area contributed by atoms with E-state index in [0.717, 1.165) is 12.8 Å². The van der Waals surface area contributed by atoms with Gasteiger partial charge in [0.15, 0.2) is 0 Å². The zero-order valence-electron chi connectivity index (χ0n) is 18.2. The van der Waals surface area contributed by atoms with Crippen LogP contribution in [0.2, 0.25) is 0 Å². The minimum absolute atomic E-state index is 0.331.